The third-order valence-corrected chi connectivity index (χ3v) is 3.35. The van der Waals surface area contributed by atoms with Gasteiger partial charge in [-0.3, -0.25) is 5.10 Å². The summed E-state index contributed by atoms with van der Waals surface area (Å²) in [6.07, 6.45) is 0.658. The smallest absolute Gasteiger partial charge is 0.145 e. The summed E-state index contributed by atoms with van der Waals surface area (Å²) in [5, 5.41) is 6.73. The first-order chi connectivity index (χ1) is 9.04. The van der Waals surface area contributed by atoms with E-state index in [0.29, 0.717) is 24.3 Å². The van der Waals surface area contributed by atoms with Crippen molar-refractivity contribution in [2.24, 2.45) is 0 Å². The minimum absolute atomic E-state index is 0.164. The fraction of sp³-hybridized carbons (Fsp3) is 0.308. The molecule has 0 saturated carbocycles. The average molecular weight is 327 g/mol. The third-order valence-electron chi connectivity index (χ3n) is 2.86. The van der Waals surface area contributed by atoms with Crippen molar-refractivity contribution in [1.29, 1.82) is 0 Å². The molecule has 0 unspecified atom stereocenters. The van der Waals surface area contributed by atoms with Crippen molar-refractivity contribution in [2.75, 3.05) is 19.3 Å². The lowest BCUT2D eigenvalue weighted by Gasteiger charge is -2.15. The molecule has 0 aliphatic rings. The van der Waals surface area contributed by atoms with E-state index in [0.717, 1.165) is 16.7 Å². The van der Waals surface area contributed by atoms with E-state index in [9.17, 15) is 4.39 Å². The zero-order valence-corrected chi connectivity index (χ0v) is 12.2. The van der Waals surface area contributed by atoms with Crippen LogP contribution in [0.5, 0.6) is 0 Å². The van der Waals surface area contributed by atoms with E-state index < -0.39 is 0 Å². The first kappa shape index (κ1) is 14.0. The first-order valence-electron chi connectivity index (χ1n) is 5.97. The number of nitrogens with one attached hydrogen (secondary N) is 1. The van der Waals surface area contributed by atoms with E-state index in [1.54, 1.807) is 12.1 Å². The van der Waals surface area contributed by atoms with Crippen LogP contribution in [0.15, 0.2) is 28.7 Å². The van der Waals surface area contributed by atoms with Gasteiger partial charge in [0.05, 0.1) is 5.69 Å². The number of aromatic nitrogens is 2. The van der Waals surface area contributed by atoms with Crippen molar-refractivity contribution in [3.05, 3.63) is 45.8 Å². The maximum atomic E-state index is 13.6. The predicted octanol–water partition coefficient (Wildman–Crippen LogP) is 2.57. The number of halogens is 2. The summed E-state index contributed by atoms with van der Waals surface area (Å²) >= 11 is 3.35. The van der Waals surface area contributed by atoms with Crippen molar-refractivity contribution in [2.45, 2.75) is 13.0 Å². The second-order valence-corrected chi connectivity index (χ2v) is 5.46. The van der Waals surface area contributed by atoms with Gasteiger partial charge < -0.3 is 10.6 Å². The molecule has 0 aliphatic heterocycles. The van der Waals surface area contributed by atoms with E-state index in [1.807, 2.05) is 13.1 Å². The lowest BCUT2D eigenvalue weighted by atomic mass is 10.1. The Hall–Kier alpha value is -1.40. The number of hydrogen-bond donors (Lipinski definition) is 2. The quantitative estimate of drug-likeness (QED) is 0.887. The molecular weight excluding hydrogens is 311 g/mol. The van der Waals surface area contributed by atoms with E-state index in [-0.39, 0.29) is 5.82 Å². The second kappa shape index (κ2) is 6.16. The summed E-state index contributed by atoms with van der Waals surface area (Å²) in [4.78, 5) is 2.09. The predicted molar refractivity (Wildman–Crippen MR) is 77.1 cm³/mol. The molecule has 1 aromatic carbocycles. The van der Waals surface area contributed by atoms with Gasteiger partial charge in [-0.05, 0) is 37.2 Å². The van der Waals surface area contributed by atoms with Crippen LogP contribution in [0, 0.1) is 5.82 Å². The second-order valence-electron chi connectivity index (χ2n) is 4.54. The summed E-state index contributed by atoms with van der Waals surface area (Å²) in [5.74, 6) is 0.323. The zero-order valence-electron chi connectivity index (χ0n) is 10.7. The number of nitrogen functional groups attached to an aromatic ring is 1. The molecule has 0 radical (unpaired) electrons. The number of H-pyrrole nitrogens is 1. The molecule has 6 heteroatoms. The molecule has 0 aliphatic carbocycles. The van der Waals surface area contributed by atoms with E-state index >= 15 is 0 Å². The van der Waals surface area contributed by atoms with E-state index in [4.69, 9.17) is 5.73 Å². The molecule has 3 N–H and O–H groups in total. The molecule has 2 rings (SSSR count). The summed E-state index contributed by atoms with van der Waals surface area (Å²) in [6.45, 7) is 1.46. The Balaban J connectivity index is 1.89. The summed E-state index contributed by atoms with van der Waals surface area (Å²) in [5.41, 5.74) is 7.21. The normalized spacial score (nSPS) is 11.2. The van der Waals surface area contributed by atoms with Crippen LogP contribution in [0.25, 0.3) is 0 Å². The molecule has 1 heterocycles. The molecule has 0 spiro atoms. The number of aromatic amines is 1. The van der Waals surface area contributed by atoms with Crippen LogP contribution >= 0.6 is 15.9 Å². The topological polar surface area (TPSA) is 57.9 Å². The Labute approximate surface area is 119 Å². The van der Waals surface area contributed by atoms with Crippen molar-refractivity contribution in [3.63, 3.8) is 0 Å². The van der Waals surface area contributed by atoms with Gasteiger partial charge in [0.25, 0.3) is 0 Å². The number of nitrogens with two attached hydrogens (primary N) is 1. The molecule has 2 aromatic rings. The Morgan fingerprint density at radius 3 is 2.89 bits per heavy atom. The third kappa shape index (κ3) is 4.04. The summed E-state index contributed by atoms with van der Waals surface area (Å²) in [7, 11) is 1.98. The monoisotopic (exact) mass is 326 g/mol. The summed E-state index contributed by atoms with van der Waals surface area (Å²) < 4.78 is 14.5. The lowest BCUT2D eigenvalue weighted by Crippen LogP contribution is -2.21. The van der Waals surface area contributed by atoms with Gasteiger partial charge in [0.15, 0.2) is 0 Å². The van der Waals surface area contributed by atoms with Gasteiger partial charge in [0.1, 0.15) is 11.6 Å². The zero-order chi connectivity index (χ0) is 13.8. The highest BCUT2D eigenvalue weighted by Gasteiger charge is 2.07. The van der Waals surface area contributed by atoms with Crippen LogP contribution < -0.4 is 5.73 Å². The van der Waals surface area contributed by atoms with Crippen LogP contribution in [0.4, 0.5) is 10.2 Å². The van der Waals surface area contributed by atoms with E-state index in [2.05, 4.69) is 31.0 Å². The molecule has 0 atom stereocenters. The van der Waals surface area contributed by atoms with Crippen molar-refractivity contribution in [3.8, 4) is 0 Å². The molecule has 4 nitrogen and oxygen atoms in total. The van der Waals surface area contributed by atoms with Crippen molar-refractivity contribution < 1.29 is 4.39 Å². The molecule has 1 aromatic heterocycles. The van der Waals surface area contributed by atoms with Gasteiger partial charge in [-0.15, -0.1) is 0 Å². The van der Waals surface area contributed by atoms with Gasteiger partial charge in [-0.2, -0.15) is 5.10 Å². The highest BCUT2D eigenvalue weighted by molar-refractivity contribution is 9.10. The SMILES string of the molecule is CN(CCc1cc(Br)ccc1F)Cc1cc(N)n[nH]1. The van der Waals surface area contributed by atoms with Crippen LogP contribution in [0.3, 0.4) is 0 Å². The standard InChI is InChI=1S/C13H16BrFN4/c1-19(8-11-7-13(16)18-17-11)5-4-9-6-10(14)2-3-12(9)15/h2-3,6-7H,4-5,8H2,1H3,(H3,16,17,18). The van der Waals surface area contributed by atoms with Gasteiger partial charge >= 0.3 is 0 Å². The molecule has 0 bridgehead atoms. The number of anilines is 1. The average Bonchev–Trinajstić information content (AvgIpc) is 2.76. The lowest BCUT2D eigenvalue weighted by molar-refractivity contribution is 0.325. The van der Waals surface area contributed by atoms with Gasteiger partial charge in [-0.25, -0.2) is 4.39 Å². The Bertz CT molecular complexity index is 555. The highest BCUT2D eigenvalue weighted by Crippen LogP contribution is 2.16. The Morgan fingerprint density at radius 2 is 2.21 bits per heavy atom. The highest BCUT2D eigenvalue weighted by atomic mass is 79.9. The fourth-order valence-corrected chi connectivity index (χ4v) is 2.28. The van der Waals surface area contributed by atoms with Crippen molar-refractivity contribution in [1.82, 2.24) is 15.1 Å². The van der Waals surface area contributed by atoms with Crippen LogP contribution in [-0.4, -0.2) is 28.7 Å². The van der Waals surface area contributed by atoms with Gasteiger partial charge in [0, 0.05) is 23.6 Å². The molecule has 19 heavy (non-hydrogen) atoms. The fourth-order valence-electron chi connectivity index (χ4n) is 1.88. The molecule has 0 amide bonds. The Kier molecular flexibility index (Phi) is 4.55. The van der Waals surface area contributed by atoms with E-state index in [1.165, 1.54) is 6.07 Å². The number of nitrogens with zero attached hydrogens (tertiary/aromatic N) is 2. The minimum Gasteiger partial charge on any atom is -0.382 e. The van der Waals surface area contributed by atoms with Gasteiger partial charge in [0.2, 0.25) is 0 Å². The Morgan fingerprint density at radius 1 is 1.42 bits per heavy atom. The van der Waals surface area contributed by atoms with Gasteiger partial charge in [-0.1, -0.05) is 15.9 Å². The molecule has 0 fully saturated rings. The number of likely N-dealkylation sites (N-methyl/N-ethyl adjacent to an activating group) is 1. The van der Waals surface area contributed by atoms with Crippen molar-refractivity contribution >= 4 is 21.7 Å². The number of benzene rings is 1. The van der Waals surface area contributed by atoms with Crippen LogP contribution in [0.1, 0.15) is 11.3 Å². The van der Waals surface area contributed by atoms with Crippen LogP contribution in [0.2, 0.25) is 0 Å². The number of hydrogen-bond acceptors (Lipinski definition) is 3. The first-order valence-corrected chi connectivity index (χ1v) is 6.76. The molecular formula is C13H16BrFN4. The minimum atomic E-state index is -0.164. The van der Waals surface area contributed by atoms with Crippen LogP contribution in [-0.2, 0) is 13.0 Å². The largest absolute Gasteiger partial charge is 0.382 e. The summed E-state index contributed by atoms with van der Waals surface area (Å²) in [6, 6.07) is 6.80. The maximum absolute atomic E-state index is 13.6. The maximum Gasteiger partial charge on any atom is 0.145 e. The number of rotatable bonds is 5. The molecule has 0 saturated heterocycles. The molecule has 102 valence electrons.